The van der Waals surface area contributed by atoms with E-state index >= 15 is 0 Å². The van der Waals surface area contributed by atoms with Gasteiger partial charge in [-0.1, -0.05) is 133 Å². The summed E-state index contributed by atoms with van der Waals surface area (Å²) in [7, 11) is 2.42. The van der Waals surface area contributed by atoms with E-state index in [2.05, 4.69) is 192 Å². The predicted octanol–water partition coefficient (Wildman–Crippen LogP) is 11.3. The van der Waals surface area contributed by atoms with E-state index in [1.165, 1.54) is 104 Å². The summed E-state index contributed by atoms with van der Waals surface area (Å²) in [6.45, 7) is 2.19. The third-order valence-electron chi connectivity index (χ3n) is 11.6. The summed E-state index contributed by atoms with van der Waals surface area (Å²) in [5, 5.41) is 11.7. The SMILES string of the molecule is Cc1ccccc1Nc1c(-c2cc(-c3ccccc3)cc3c2[B]c2cccc4c5ccccc5n-3c24)ccc2c1c1cccc3c4ccccc4n2c31. The van der Waals surface area contributed by atoms with Gasteiger partial charge in [0.05, 0.1) is 27.8 Å². The van der Waals surface area contributed by atoms with E-state index in [1.54, 1.807) is 0 Å². The maximum atomic E-state index is 4.05. The summed E-state index contributed by atoms with van der Waals surface area (Å²) in [6, 6.07) is 60.1. The van der Waals surface area contributed by atoms with Crippen LogP contribution in [0.4, 0.5) is 11.4 Å². The van der Waals surface area contributed by atoms with Crippen LogP contribution >= 0.6 is 0 Å². The second kappa shape index (κ2) is 10.6. The lowest BCUT2D eigenvalue weighted by molar-refractivity contribution is 1.19. The Morgan fingerprint density at radius 3 is 2.02 bits per heavy atom. The first kappa shape index (κ1) is 28.9. The molecule has 0 atom stereocenters. The van der Waals surface area contributed by atoms with Crippen LogP contribution in [0.1, 0.15) is 5.56 Å². The highest BCUT2D eigenvalue weighted by Gasteiger charge is 2.28. The molecule has 1 radical (unpaired) electrons. The van der Waals surface area contributed by atoms with Crippen molar-refractivity contribution >= 4 is 89.5 Å². The van der Waals surface area contributed by atoms with Gasteiger partial charge in [0.2, 0.25) is 0 Å². The van der Waals surface area contributed by atoms with Crippen molar-refractivity contribution in [3.05, 3.63) is 169 Å². The molecule has 0 unspecified atom stereocenters. The molecule has 1 aliphatic rings. The summed E-state index contributed by atoms with van der Waals surface area (Å²) in [5.74, 6) is 0. The number of fused-ring (bicyclic) bond motifs is 11. The zero-order valence-corrected chi connectivity index (χ0v) is 29.1. The molecule has 0 aliphatic carbocycles. The second-order valence-corrected chi connectivity index (χ2v) is 14.4. The second-order valence-electron chi connectivity index (χ2n) is 14.4. The molecule has 12 rings (SSSR count). The van der Waals surface area contributed by atoms with Crippen LogP contribution in [0.5, 0.6) is 0 Å². The lowest BCUT2D eigenvalue weighted by Gasteiger charge is -2.26. The molecule has 1 aliphatic heterocycles. The topological polar surface area (TPSA) is 21.4 Å². The normalized spacial score (nSPS) is 12.4. The minimum atomic E-state index is 1.11. The number of hydrogen-bond donors (Lipinski definition) is 1. The quantitative estimate of drug-likeness (QED) is 0.185. The van der Waals surface area contributed by atoms with Gasteiger partial charge < -0.3 is 14.3 Å². The van der Waals surface area contributed by atoms with E-state index in [-0.39, 0.29) is 0 Å². The monoisotopic (exact) mass is 672 g/mol. The van der Waals surface area contributed by atoms with Crippen LogP contribution in [-0.2, 0) is 0 Å². The fourth-order valence-electron chi connectivity index (χ4n) is 9.29. The summed E-state index contributed by atoms with van der Waals surface area (Å²) in [6.07, 6.45) is 0. The molecule has 3 aromatic heterocycles. The highest BCUT2D eigenvalue weighted by molar-refractivity contribution is 6.73. The van der Waals surface area contributed by atoms with Crippen molar-refractivity contribution in [2.75, 3.05) is 5.32 Å². The number of nitrogens with one attached hydrogen (secondary N) is 1. The number of nitrogens with zero attached hydrogens (tertiary/aromatic N) is 2. The smallest absolute Gasteiger partial charge is 0.197 e. The molecule has 53 heavy (non-hydrogen) atoms. The zero-order chi connectivity index (χ0) is 34.8. The Kier molecular flexibility index (Phi) is 5.79. The molecule has 4 heteroatoms. The molecule has 8 aromatic carbocycles. The molecule has 0 spiro atoms. The van der Waals surface area contributed by atoms with Crippen LogP contribution in [-0.4, -0.2) is 16.2 Å². The van der Waals surface area contributed by atoms with Crippen molar-refractivity contribution in [1.29, 1.82) is 0 Å². The number of hydrogen-bond acceptors (Lipinski definition) is 1. The van der Waals surface area contributed by atoms with Crippen LogP contribution in [0, 0.1) is 6.92 Å². The number of aromatic nitrogens is 2. The summed E-state index contributed by atoms with van der Waals surface area (Å²) in [4.78, 5) is 0. The van der Waals surface area contributed by atoms with Gasteiger partial charge >= 0.3 is 0 Å². The Labute approximate surface area is 306 Å². The van der Waals surface area contributed by atoms with Crippen LogP contribution in [0.3, 0.4) is 0 Å². The zero-order valence-electron chi connectivity index (χ0n) is 29.1. The molecule has 1 N–H and O–H groups in total. The lowest BCUT2D eigenvalue weighted by Crippen LogP contribution is -2.37. The van der Waals surface area contributed by atoms with Crippen LogP contribution in [0.2, 0.25) is 0 Å². The van der Waals surface area contributed by atoms with Gasteiger partial charge in [0.15, 0.2) is 7.28 Å². The number of aryl methyl sites for hydroxylation is 1. The molecule has 245 valence electrons. The third kappa shape index (κ3) is 3.90. The summed E-state index contributed by atoms with van der Waals surface area (Å²) < 4.78 is 4.98. The highest BCUT2D eigenvalue weighted by atomic mass is 15.0. The fraction of sp³-hybridized carbons (Fsp3) is 0.0204. The molecule has 0 bridgehead atoms. The van der Waals surface area contributed by atoms with Crippen molar-refractivity contribution in [3.8, 4) is 27.9 Å². The molecule has 0 amide bonds. The maximum absolute atomic E-state index is 4.05. The van der Waals surface area contributed by atoms with Gasteiger partial charge in [-0.2, -0.15) is 0 Å². The standard InChI is InChI=1S/C49H31BN3/c1-29-13-5-8-22-40(29)51-47-34(25-26-43-45(47)37-20-11-18-35-32-16-6-9-23-41(32)52(43)48(35)37)38-27-31(30-14-3-2-4-15-30)28-44-46(38)50-39-21-12-19-36-33-17-7-10-24-42(33)53(44)49(36)39/h2-28,51H,1H3. The number of benzene rings is 8. The average molecular weight is 673 g/mol. The van der Waals surface area contributed by atoms with Crippen molar-refractivity contribution in [2.24, 2.45) is 0 Å². The Hall–Kier alpha value is -6.78. The Balaban J connectivity index is 1.24. The van der Waals surface area contributed by atoms with Gasteiger partial charge in [-0.05, 0) is 71.0 Å². The van der Waals surface area contributed by atoms with E-state index in [1.807, 2.05) is 0 Å². The summed E-state index contributed by atoms with van der Waals surface area (Å²) in [5.41, 5.74) is 18.1. The molecule has 4 heterocycles. The van der Waals surface area contributed by atoms with E-state index < -0.39 is 0 Å². The van der Waals surface area contributed by atoms with Gasteiger partial charge in [-0.3, -0.25) is 0 Å². The molecular formula is C49H31BN3. The molecule has 11 aromatic rings. The average Bonchev–Trinajstić information content (AvgIpc) is 3.86. The van der Waals surface area contributed by atoms with Crippen molar-refractivity contribution in [3.63, 3.8) is 0 Å². The fourth-order valence-corrected chi connectivity index (χ4v) is 9.29. The Bertz CT molecular complexity index is 3300. The van der Waals surface area contributed by atoms with Crippen molar-refractivity contribution in [2.45, 2.75) is 6.92 Å². The molecular weight excluding hydrogens is 641 g/mol. The number of para-hydroxylation sites is 5. The minimum absolute atomic E-state index is 1.11. The molecule has 3 nitrogen and oxygen atoms in total. The van der Waals surface area contributed by atoms with Gasteiger partial charge in [-0.15, -0.1) is 0 Å². The van der Waals surface area contributed by atoms with Gasteiger partial charge in [0.1, 0.15) is 0 Å². The molecule has 0 fully saturated rings. The van der Waals surface area contributed by atoms with E-state index in [0.29, 0.717) is 0 Å². The van der Waals surface area contributed by atoms with Gasteiger partial charge in [0.25, 0.3) is 0 Å². The molecule has 0 saturated heterocycles. The first-order valence-electron chi connectivity index (χ1n) is 18.4. The third-order valence-corrected chi connectivity index (χ3v) is 11.6. The van der Waals surface area contributed by atoms with E-state index in [4.69, 9.17) is 0 Å². The number of rotatable bonds is 4. The Morgan fingerprint density at radius 2 is 1.17 bits per heavy atom. The highest BCUT2D eigenvalue weighted by Crippen LogP contribution is 2.47. The number of anilines is 2. The molecule has 0 saturated carbocycles. The van der Waals surface area contributed by atoms with E-state index in [0.717, 1.165) is 11.4 Å². The lowest BCUT2D eigenvalue weighted by atomic mass is 9.58. The van der Waals surface area contributed by atoms with Crippen molar-refractivity contribution in [1.82, 2.24) is 8.97 Å². The minimum Gasteiger partial charge on any atom is -0.354 e. The van der Waals surface area contributed by atoms with Gasteiger partial charge in [0, 0.05) is 54.8 Å². The maximum Gasteiger partial charge on any atom is 0.197 e. The first-order valence-corrected chi connectivity index (χ1v) is 18.4. The van der Waals surface area contributed by atoms with Gasteiger partial charge in [-0.25, -0.2) is 0 Å². The largest absolute Gasteiger partial charge is 0.354 e. The van der Waals surface area contributed by atoms with Crippen molar-refractivity contribution < 1.29 is 0 Å². The summed E-state index contributed by atoms with van der Waals surface area (Å²) >= 11 is 0. The predicted molar refractivity (Wildman–Crippen MR) is 226 cm³/mol. The Morgan fingerprint density at radius 1 is 0.491 bits per heavy atom. The van der Waals surface area contributed by atoms with Crippen LogP contribution in [0.15, 0.2) is 164 Å². The van der Waals surface area contributed by atoms with E-state index in [9.17, 15) is 0 Å². The van der Waals surface area contributed by atoms with Crippen LogP contribution < -0.4 is 16.2 Å². The van der Waals surface area contributed by atoms with Crippen LogP contribution in [0.25, 0.3) is 87.8 Å². The first-order chi connectivity index (χ1) is 26.2.